The van der Waals surface area contributed by atoms with Crippen molar-refractivity contribution < 1.29 is 24.5 Å². The number of ether oxygens (including phenoxy) is 1. The van der Waals surface area contributed by atoms with E-state index in [1.807, 2.05) is 6.08 Å². The smallest absolute Gasteiger partial charge is 0.305 e. The lowest BCUT2D eigenvalue weighted by Gasteiger charge is -2.20. The van der Waals surface area contributed by atoms with Gasteiger partial charge in [-0.2, -0.15) is 0 Å². The van der Waals surface area contributed by atoms with E-state index < -0.39 is 12.1 Å². The van der Waals surface area contributed by atoms with Gasteiger partial charge in [0.05, 0.1) is 25.4 Å². The Morgan fingerprint density at radius 1 is 0.422 bits per heavy atom. The molecule has 3 N–H and O–H groups in total. The molecule has 2 atom stereocenters. The number of esters is 1. The van der Waals surface area contributed by atoms with Crippen LogP contribution in [0.5, 0.6) is 0 Å². The fourth-order valence-corrected chi connectivity index (χ4v) is 8.81. The van der Waals surface area contributed by atoms with Crippen LogP contribution in [0.3, 0.4) is 0 Å². The Kier molecular flexibility index (Phi) is 52.6. The van der Waals surface area contributed by atoms with E-state index in [4.69, 9.17) is 4.74 Å². The average molecular weight is 903 g/mol. The maximum Gasteiger partial charge on any atom is 0.305 e. The summed E-state index contributed by atoms with van der Waals surface area (Å²) in [6.07, 6.45) is 64.8. The zero-order chi connectivity index (χ0) is 46.5. The Morgan fingerprint density at radius 2 is 0.734 bits per heavy atom. The van der Waals surface area contributed by atoms with Gasteiger partial charge in [0.2, 0.25) is 5.91 Å². The number of hydrogen-bond acceptors (Lipinski definition) is 5. The highest BCUT2D eigenvalue weighted by atomic mass is 16.5. The Bertz CT molecular complexity index is 997. The number of hydrogen-bond donors (Lipinski definition) is 3. The van der Waals surface area contributed by atoms with Crippen LogP contribution in [0.4, 0.5) is 0 Å². The summed E-state index contributed by atoms with van der Waals surface area (Å²) >= 11 is 0. The summed E-state index contributed by atoms with van der Waals surface area (Å²) < 4.78 is 5.47. The average Bonchev–Trinajstić information content (AvgIpc) is 3.29. The molecule has 0 aromatic rings. The Hall–Kier alpha value is -1.66. The van der Waals surface area contributed by atoms with Crippen molar-refractivity contribution >= 4 is 11.9 Å². The van der Waals surface area contributed by atoms with Crippen molar-refractivity contribution in [3.8, 4) is 0 Å². The molecule has 0 saturated heterocycles. The number of carbonyl (C=O) groups is 2. The van der Waals surface area contributed by atoms with Crippen molar-refractivity contribution in [3.05, 3.63) is 24.3 Å². The SMILES string of the molecule is CCCCCCCCCCCCCCC/C=C/C(O)C(CO)NC(=O)CCCCCCCCC/C=C\CCCCCCOC(=O)CCCCCCCCCCCCCCCCCCC. The molecule has 0 aliphatic rings. The predicted molar refractivity (Wildman–Crippen MR) is 278 cm³/mol. The number of nitrogens with one attached hydrogen (secondary N) is 1. The van der Waals surface area contributed by atoms with Gasteiger partial charge in [-0.15, -0.1) is 0 Å². The summed E-state index contributed by atoms with van der Waals surface area (Å²) in [7, 11) is 0. The standard InChI is InChI=1S/C58H111NO5/c1-3-5-7-9-11-13-15-17-19-20-24-28-32-36-40-44-48-52-58(63)64-53-49-45-41-37-33-29-25-21-23-27-31-35-39-43-47-51-57(62)59-55(54-60)56(61)50-46-42-38-34-30-26-22-18-16-14-12-10-8-6-4-2/h25,29,46,50,55-56,60-61H,3-24,26-28,30-45,47-49,51-54H2,1-2H3,(H,59,62)/b29-25-,50-46+. The summed E-state index contributed by atoms with van der Waals surface area (Å²) in [6.45, 7) is 4.88. The summed E-state index contributed by atoms with van der Waals surface area (Å²) in [4.78, 5) is 24.5. The van der Waals surface area contributed by atoms with E-state index in [-0.39, 0.29) is 18.5 Å². The second-order valence-corrected chi connectivity index (χ2v) is 19.6. The molecule has 2 unspecified atom stereocenters. The molecule has 6 nitrogen and oxygen atoms in total. The van der Waals surface area contributed by atoms with E-state index in [1.165, 1.54) is 212 Å². The van der Waals surface area contributed by atoms with E-state index in [0.717, 1.165) is 70.6 Å². The zero-order valence-electron chi connectivity index (χ0n) is 43.0. The van der Waals surface area contributed by atoms with Gasteiger partial charge in [0, 0.05) is 12.8 Å². The highest BCUT2D eigenvalue weighted by Crippen LogP contribution is 2.17. The summed E-state index contributed by atoms with van der Waals surface area (Å²) in [6, 6.07) is -0.638. The van der Waals surface area contributed by atoms with Gasteiger partial charge in [0.1, 0.15) is 0 Å². The van der Waals surface area contributed by atoms with Crippen LogP contribution in [0.2, 0.25) is 0 Å². The molecule has 1 amide bonds. The Labute approximate surface area is 399 Å². The van der Waals surface area contributed by atoms with Gasteiger partial charge in [-0.25, -0.2) is 0 Å². The molecule has 0 spiro atoms. The third-order valence-corrected chi connectivity index (χ3v) is 13.2. The Balaban J connectivity index is 3.48. The van der Waals surface area contributed by atoms with E-state index in [0.29, 0.717) is 19.4 Å². The van der Waals surface area contributed by atoms with E-state index in [2.05, 4.69) is 31.3 Å². The fraction of sp³-hybridized carbons (Fsp3) is 0.897. The van der Waals surface area contributed by atoms with Crippen LogP contribution in [-0.2, 0) is 14.3 Å². The number of aliphatic hydroxyl groups is 2. The van der Waals surface area contributed by atoms with Gasteiger partial charge in [0.15, 0.2) is 0 Å². The van der Waals surface area contributed by atoms with Gasteiger partial charge in [-0.05, 0) is 57.8 Å². The molecule has 0 fully saturated rings. The lowest BCUT2D eigenvalue weighted by atomic mass is 10.0. The third kappa shape index (κ3) is 49.8. The van der Waals surface area contributed by atoms with Crippen LogP contribution >= 0.6 is 0 Å². The zero-order valence-corrected chi connectivity index (χ0v) is 43.0. The molecular formula is C58H111NO5. The van der Waals surface area contributed by atoms with Crippen molar-refractivity contribution in [3.63, 3.8) is 0 Å². The van der Waals surface area contributed by atoms with Crippen LogP contribution in [0, 0.1) is 0 Å². The summed E-state index contributed by atoms with van der Waals surface area (Å²) in [5.41, 5.74) is 0. The van der Waals surface area contributed by atoms with Gasteiger partial charge >= 0.3 is 5.97 Å². The minimum atomic E-state index is -0.854. The van der Waals surface area contributed by atoms with Crippen LogP contribution < -0.4 is 5.32 Å². The van der Waals surface area contributed by atoms with Crippen molar-refractivity contribution in [1.29, 1.82) is 0 Å². The number of unbranched alkanes of at least 4 members (excludes halogenated alkanes) is 40. The molecule has 0 aliphatic carbocycles. The first kappa shape index (κ1) is 62.3. The first-order valence-electron chi connectivity index (χ1n) is 28.6. The monoisotopic (exact) mass is 902 g/mol. The second kappa shape index (κ2) is 54.0. The minimum Gasteiger partial charge on any atom is -0.466 e. The topological polar surface area (TPSA) is 95.9 Å². The van der Waals surface area contributed by atoms with Crippen molar-refractivity contribution in [2.24, 2.45) is 0 Å². The van der Waals surface area contributed by atoms with E-state index in [1.54, 1.807) is 6.08 Å². The van der Waals surface area contributed by atoms with Crippen LogP contribution in [-0.4, -0.2) is 47.4 Å². The molecule has 0 aliphatic heterocycles. The minimum absolute atomic E-state index is 0.00719. The van der Waals surface area contributed by atoms with E-state index in [9.17, 15) is 19.8 Å². The molecule has 0 saturated carbocycles. The van der Waals surface area contributed by atoms with Crippen LogP contribution in [0.15, 0.2) is 24.3 Å². The predicted octanol–water partition coefficient (Wildman–Crippen LogP) is 17.5. The van der Waals surface area contributed by atoms with Crippen molar-refractivity contribution in [2.45, 2.75) is 321 Å². The second-order valence-electron chi connectivity index (χ2n) is 19.6. The maximum atomic E-state index is 12.4. The number of allylic oxidation sites excluding steroid dienone is 3. The highest BCUT2D eigenvalue weighted by Gasteiger charge is 2.18. The molecule has 0 bridgehead atoms. The maximum absolute atomic E-state index is 12.4. The highest BCUT2D eigenvalue weighted by molar-refractivity contribution is 5.76. The molecule has 378 valence electrons. The van der Waals surface area contributed by atoms with Crippen molar-refractivity contribution in [2.75, 3.05) is 13.2 Å². The van der Waals surface area contributed by atoms with Gasteiger partial charge in [-0.3, -0.25) is 9.59 Å². The molecular weight excluding hydrogens is 791 g/mol. The molecule has 0 heterocycles. The molecule has 0 rings (SSSR count). The third-order valence-electron chi connectivity index (χ3n) is 13.2. The molecule has 0 aromatic carbocycles. The molecule has 6 heteroatoms. The molecule has 0 radical (unpaired) electrons. The van der Waals surface area contributed by atoms with Crippen LogP contribution in [0.25, 0.3) is 0 Å². The van der Waals surface area contributed by atoms with Gasteiger partial charge < -0.3 is 20.3 Å². The van der Waals surface area contributed by atoms with E-state index >= 15 is 0 Å². The number of rotatable bonds is 53. The van der Waals surface area contributed by atoms with Gasteiger partial charge in [-0.1, -0.05) is 263 Å². The first-order valence-corrected chi connectivity index (χ1v) is 28.6. The summed E-state index contributed by atoms with van der Waals surface area (Å²) in [5, 5.41) is 23.1. The molecule has 0 aromatic heterocycles. The normalized spacial score (nSPS) is 12.8. The number of amides is 1. The first-order chi connectivity index (χ1) is 31.5. The lowest BCUT2D eigenvalue weighted by molar-refractivity contribution is -0.143. The number of carbonyl (C=O) groups excluding carboxylic acids is 2. The lowest BCUT2D eigenvalue weighted by Crippen LogP contribution is -2.45. The number of aliphatic hydroxyl groups excluding tert-OH is 2. The summed E-state index contributed by atoms with van der Waals surface area (Å²) in [5.74, 6) is -0.0892. The van der Waals surface area contributed by atoms with Crippen LogP contribution in [0.1, 0.15) is 309 Å². The quantitative estimate of drug-likeness (QED) is 0.0321. The fourth-order valence-electron chi connectivity index (χ4n) is 8.81. The van der Waals surface area contributed by atoms with Crippen molar-refractivity contribution in [1.82, 2.24) is 5.32 Å². The Morgan fingerprint density at radius 3 is 1.11 bits per heavy atom. The largest absolute Gasteiger partial charge is 0.466 e. The van der Waals surface area contributed by atoms with Gasteiger partial charge in [0.25, 0.3) is 0 Å². The molecule has 64 heavy (non-hydrogen) atoms.